The van der Waals surface area contributed by atoms with Gasteiger partial charge in [0.2, 0.25) is 5.08 Å². The number of hydrogen-bond donors (Lipinski definition) is 5. The van der Waals surface area contributed by atoms with E-state index in [-0.39, 0.29) is 41.7 Å². The quantitative estimate of drug-likeness (QED) is 0.239. The van der Waals surface area contributed by atoms with Crippen molar-refractivity contribution in [3.05, 3.63) is 0 Å². The Kier molecular flexibility index (Phi) is 9.06. The Morgan fingerprint density at radius 2 is 1.82 bits per heavy atom. The average molecular weight is 317 g/mol. The second-order valence-corrected chi connectivity index (χ2v) is 7.97. The van der Waals surface area contributed by atoms with E-state index in [1.165, 1.54) is 11.8 Å². The Hall–Kier alpha value is 1.57. The average Bonchev–Trinajstić information content (AvgIpc) is 2.08. The molecule has 17 heavy (non-hydrogen) atoms. The monoisotopic (exact) mass is 317 g/mol. The van der Waals surface area contributed by atoms with Crippen molar-refractivity contribution in [1.29, 1.82) is 0 Å². The number of rotatable bonds is 6. The molecule has 2 unspecified atom stereocenters. The van der Waals surface area contributed by atoms with Gasteiger partial charge in [-0.15, -0.1) is 0 Å². The Balaban J connectivity index is 0. The Bertz CT molecular complexity index is 308. The molecule has 0 aliphatic heterocycles. The molecule has 0 spiro atoms. The van der Waals surface area contributed by atoms with Crippen LogP contribution in [-0.2, 0) is 9.13 Å². The summed E-state index contributed by atoms with van der Waals surface area (Å²) < 4.78 is 21.8. The van der Waals surface area contributed by atoms with Crippen molar-refractivity contribution in [3.63, 3.8) is 0 Å². The standard InChI is InChI=1S/C5H15NO7P2S.Na/c1-16-3-2-4(6)5(7,14(8,9)10)15(11,12)13;/h4,7H,2-3,6H2,1H3,(H2,8,9,10)(H2,11,12,13);/q;+1/p-1/t4-;/m0./s1. The van der Waals surface area contributed by atoms with Crippen LogP contribution in [0.4, 0.5) is 0 Å². The molecule has 0 aromatic heterocycles. The van der Waals surface area contributed by atoms with E-state index in [9.17, 15) is 19.1 Å². The zero-order valence-electron chi connectivity index (χ0n) is 9.39. The topological polar surface area (TPSA) is 164 Å². The van der Waals surface area contributed by atoms with Crippen molar-refractivity contribution >= 4 is 27.0 Å². The first kappa shape index (κ1) is 20.9. The van der Waals surface area contributed by atoms with E-state index in [4.69, 9.17) is 20.4 Å². The van der Waals surface area contributed by atoms with Crippen LogP contribution < -0.4 is 40.2 Å². The molecule has 0 aromatic rings. The minimum absolute atomic E-state index is 0. The molecule has 3 atom stereocenters. The van der Waals surface area contributed by atoms with E-state index in [0.29, 0.717) is 0 Å². The molecule has 0 aliphatic carbocycles. The third-order valence-electron chi connectivity index (χ3n) is 1.98. The van der Waals surface area contributed by atoms with Gasteiger partial charge in [0.1, 0.15) is 0 Å². The summed E-state index contributed by atoms with van der Waals surface area (Å²) in [4.78, 5) is 37.1. The van der Waals surface area contributed by atoms with Crippen LogP contribution in [-0.4, -0.2) is 42.9 Å². The van der Waals surface area contributed by atoms with Gasteiger partial charge in [0.25, 0.3) is 0 Å². The maximum Gasteiger partial charge on any atom is 1.00 e. The summed E-state index contributed by atoms with van der Waals surface area (Å²) in [5.41, 5.74) is 5.22. The smallest absolute Gasteiger partial charge is 0.776 e. The molecule has 98 valence electrons. The summed E-state index contributed by atoms with van der Waals surface area (Å²) in [6.45, 7) is 0. The molecular weight excluding hydrogens is 303 g/mol. The molecule has 0 aromatic carbocycles. The maximum atomic E-state index is 10.9. The van der Waals surface area contributed by atoms with Crippen LogP contribution in [0, 0.1) is 0 Å². The maximum absolute atomic E-state index is 10.9. The van der Waals surface area contributed by atoms with Gasteiger partial charge >= 0.3 is 37.2 Å². The summed E-state index contributed by atoms with van der Waals surface area (Å²) in [6, 6.07) is -1.77. The molecule has 0 saturated carbocycles. The molecule has 0 radical (unpaired) electrons. The summed E-state index contributed by atoms with van der Waals surface area (Å²) in [7, 11) is -11.2. The predicted molar refractivity (Wildman–Crippen MR) is 57.8 cm³/mol. The molecule has 0 heterocycles. The molecule has 0 rings (SSSR count). The largest absolute Gasteiger partial charge is 1.00 e. The van der Waals surface area contributed by atoms with Crippen molar-refractivity contribution in [1.82, 2.24) is 0 Å². The van der Waals surface area contributed by atoms with Gasteiger partial charge in [-0.2, -0.15) is 11.8 Å². The second-order valence-electron chi connectivity index (χ2n) is 3.14. The zero-order chi connectivity index (χ0) is 13.2. The van der Waals surface area contributed by atoms with Crippen LogP contribution in [0.15, 0.2) is 0 Å². The third kappa shape index (κ3) is 4.87. The number of aliphatic hydroxyl groups is 1. The van der Waals surface area contributed by atoms with Crippen molar-refractivity contribution in [3.8, 4) is 0 Å². The molecular formula is C5H14NNaO7P2S. The van der Waals surface area contributed by atoms with Crippen molar-refractivity contribution in [2.45, 2.75) is 17.5 Å². The summed E-state index contributed by atoms with van der Waals surface area (Å²) in [5, 5.41) is 5.83. The van der Waals surface area contributed by atoms with Gasteiger partial charge in [0, 0.05) is 0 Å². The molecule has 8 nitrogen and oxygen atoms in total. The Labute approximate surface area is 125 Å². The molecule has 0 bridgehead atoms. The van der Waals surface area contributed by atoms with Gasteiger partial charge in [-0.1, -0.05) is 0 Å². The third-order valence-corrected chi connectivity index (χ3v) is 6.51. The first-order valence-corrected chi connectivity index (χ1v) is 8.63. The second kappa shape index (κ2) is 7.38. The van der Waals surface area contributed by atoms with Gasteiger partial charge in [0.15, 0.2) is 7.60 Å². The van der Waals surface area contributed by atoms with Crippen LogP contribution >= 0.6 is 27.0 Å². The predicted octanol–water partition coefficient (Wildman–Crippen LogP) is -4.56. The van der Waals surface area contributed by atoms with E-state index in [0.717, 1.165) is 0 Å². The number of nitrogens with two attached hydrogens (primary N) is 1. The van der Waals surface area contributed by atoms with Crippen molar-refractivity contribution < 1.29 is 63.4 Å². The first-order valence-electron chi connectivity index (χ1n) is 4.05. The van der Waals surface area contributed by atoms with E-state index in [1.54, 1.807) is 6.26 Å². The SMILES string of the molecule is CSCC[C@H](N)C(O)(P(=O)([O-])O)P(=O)(O)O.[Na+]. The van der Waals surface area contributed by atoms with E-state index in [2.05, 4.69) is 0 Å². The Morgan fingerprint density at radius 1 is 1.41 bits per heavy atom. The molecule has 0 amide bonds. The van der Waals surface area contributed by atoms with Crippen LogP contribution in [0.25, 0.3) is 0 Å². The summed E-state index contributed by atoms with van der Waals surface area (Å²) in [5.74, 6) is 0.281. The van der Waals surface area contributed by atoms with Crippen LogP contribution in [0.2, 0.25) is 0 Å². The normalized spacial score (nSPS) is 20.9. The van der Waals surface area contributed by atoms with Gasteiger partial charge in [-0.05, 0) is 18.4 Å². The van der Waals surface area contributed by atoms with E-state index in [1.807, 2.05) is 0 Å². The van der Waals surface area contributed by atoms with E-state index < -0.39 is 26.3 Å². The van der Waals surface area contributed by atoms with Gasteiger partial charge in [0.05, 0.1) is 6.04 Å². The molecule has 0 saturated heterocycles. The van der Waals surface area contributed by atoms with Gasteiger partial charge in [-0.25, -0.2) is 0 Å². The number of thioether (sulfide) groups is 1. The first-order chi connectivity index (χ1) is 6.98. The molecule has 0 aliphatic rings. The Morgan fingerprint density at radius 3 is 2.06 bits per heavy atom. The van der Waals surface area contributed by atoms with Gasteiger partial charge in [-0.3, -0.25) is 4.57 Å². The van der Waals surface area contributed by atoms with E-state index >= 15 is 0 Å². The molecule has 0 fully saturated rings. The fourth-order valence-electron chi connectivity index (χ4n) is 1.03. The molecule has 12 heteroatoms. The van der Waals surface area contributed by atoms with Crippen LogP contribution in [0.3, 0.4) is 0 Å². The summed E-state index contributed by atoms with van der Waals surface area (Å²) >= 11 is 1.25. The summed E-state index contributed by atoms with van der Waals surface area (Å²) in [6.07, 6.45) is 1.49. The number of hydrogen-bond acceptors (Lipinski definition) is 6. The minimum atomic E-state index is -5.70. The fraction of sp³-hybridized carbons (Fsp3) is 1.00. The fourth-order valence-corrected chi connectivity index (χ4v) is 3.94. The zero-order valence-corrected chi connectivity index (χ0v) is 14.0. The van der Waals surface area contributed by atoms with Crippen LogP contribution in [0.1, 0.15) is 6.42 Å². The van der Waals surface area contributed by atoms with Crippen LogP contribution in [0.5, 0.6) is 0 Å². The van der Waals surface area contributed by atoms with Gasteiger partial charge < -0.3 is 35.0 Å². The van der Waals surface area contributed by atoms with Crippen molar-refractivity contribution in [2.75, 3.05) is 12.0 Å². The molecule has 6 N–H and O–H groups in total. The minimum Gasteiger partial charge on any atom is -0.776 e. The van der Waals surface area contributed by atoms with Crippen molar-refractivity contribution in [2.24, 2.45) is 5.73 Å².